The Kier molecular flexibility index (Phi) is 2.76. The van der Waals surface area contributed by atoms with Gasteiger partial charge in [0.2, 0.25) is 0 Å². The van der Waals surface area contributed by atoms with Crippen LogP contribution in [0.4, 0.5) is 0 Å². The summed E-state index contributed by atoms with van der Waals surface area (Å²) in [6.07, 6.45) is 0. The SMILES string of the molecule is O=C(O)c1c(-c2ccccc2)ccc2ccccc12. The van der Waals surface area contributed by atoms with E-state index in [4.69, 9.17) is 0 Å². The summed E-state index contributed by atoms with van der Waals surface area (Å²) in [4.78, 5) is 11.6. The normalized spacial score (nSPS) is 10.5. The van der Waals surface area contributed by atoms with Gasteiger partial charge in [-0.25, -0.2) is 4.79 Å². The van der Waals surface area contributed by atoms with Gasteiger partial charge in [-0.2, -0.15) is 0 Å². The molecule has 0 saturated carbocycles. The monoisotopic (exact) mass is 248 g/mol. The van der Waals surface area contributed by atoms with Crippen molar-refractivity contribution in [1.82, 2.24) is 0 Å². The van der Waals surface area contributed by atoms with E-state index in [9.17, 15) is 9.90 Å². The second-order valence-corrected chi connectivity index (χ2v) is 4.38. The van der Waals surface area contributed by atoms with Crippen LogP contribution in [-0.4, -0.2) is 11.1 Å². The Labute approximate surface area is 110 Å². The Balaban J connectivity index is 2.37. The Hall–Kier alpha value is -2.61. The summed E-state index contributed by atoms with van der Waals surface area (Å²) in [6.45, 7) is 0. The van der Waals surface area contributed by atoms with Gasteiger partial charge in [0.1, 0.15) is 0 Å². The first kappa shape index (κ1) is 11.5. The number of hydrogen-bond acceptors (Lipinski definition) is 1. The summed E-state index contributed by atoms with van der Waals surface area (Å²) >= 11 is 0. The predicted molar refractivity (Wildman–Crippen MR) is 76.3 cm³/mol. The summed E-state index contributed by atoms with van der Waals surface area (Å²) in [7, 11) is 0. The van der Waals surface area contributed by atoms with E-state index in [-0.39, 0.29) is 0 Å². The number of carboxylic acid groups (broad SMARTS) is 1. The average Bonchev–Trinajstić information content (AvgIpc) is 2.46. The standard InChI is InChI=1S/C17H12O2/c18-17(19)16-14-9-5-4-8-13(14)10-11-15(16)12-6-2-1-3-7-12/h1-11H,(H,18,19). The highest BCUT2D eigenvalue weighted by Crippen LogP contribution is 2.30. The minimum absolute atomic E-state index is 0.365. The van der Waals surface area contributed by atoms with Crippen LogP contribution in [0.25, 0.3) is 21.9 Å². The van der Waals surface area contributed by atoms with Crippen molar-refractivity contribution in [2.75, 3.05) is 0 Å². The molecule has 0 saturated heterocycles. The molecule has 0 aliphatic heterocycles. The molecule has 0 aliphatic rings. The Morgan fingerprint density at radius 1 is 0.789 bits per heavy atom. The van der Waals surface area contributed by atoms with Crippen molar-refractivity contribution in [3.63, 3.8) is 0 Å². The lowest BCUT2D eigenvalue weighted by Crippen LogP contribution is -2.01. The smallest absolute Gasteiger partial charge is 0.336 e. The van der Waals surface area contributed by atoms with Gasteiger partial charge in [-0.15, -0.1) is 0 Å². The molecule has 3 aromatic carbocycles. The zero-order chi connectivity index (χ0) is 13.2. The molecule has 0 radical (unpaired) electrons. The topological polar surface area (TPSA) is 37.3 Å². The van der Waals surface area contributed by atoms with Crippen molar-refractivity contribution in [3.05, 3.63) is 72.3 Å². The molecule has 0 aliphatic carbocycles. The third-order valence-corrected chi connectivity index (χ3v) is 3.23. The maximum atomic E-state index is 11.6. The molecule has 0 atom stereocenters. The number of carbonyl (C=O) groups is 1. The maximum absolute atomic E-state index is 11.6. The van der Waals surface area contributed by atoms with Gasteiger partial charge < -0.3 is 5.11 Å². The highest BCUT2D eigenvalue weighted by atomic mass is 16.4. The molecule has 1 N–H and O–H groups in total. The van der Waals surface area contributed by atoms with Crippen LogP contribution in [0.1, 0.15) is 10.4 Å². The van der Waals surface area contributed by atoms with Gasteiger partial charge >= 0.3 is 5.97 Å². The quantitative estimate of drug-likeness (QED) is 0.737. The molecule has 0 fully saturated rings. The zero-order valence-corrected chi connectivity index (χ0v) is 10.2. The van der Waals surface area contributed by atoms with E-state index in [2.05, 4.69) is 0 Å². The van der Waals surface area contributed by atoms with Crippen LogP contribution >= 0.6 is 0 Å². The average molecular weight is 248 g/mol. The molecule has 2 heteroatoms. The van der Waals surface area contributed by atoms with E-state index in [0.29, 0.717) is 5.56 Å². The predicted octanol–water partition coefficient (Wildman–Crippen LogP) is 4.21. The summed E-state index contributed by atoms with van der Waals surface area (Å²) in [5.74, 6) is -0.893. The number of aromatic carboxylic acids is 1. The largest absolute Gasteiger partial charge is 0.478 e. The molecule has 0 heterocycles. The van der Waals surface area contributed by atoms with Gasteiger partial charge in [0, 0.05) is 0 Å². The van der Waals surface area contributed by atoms with E-state index in [1.165, 1.54) is 0 Å². The number of hydrogen-bond donors (Lipinski definition) is 1. The summed E-state index contributed by atoms with van der Waals surface area (Å²) in [5, 5.41) is 11.2. The second kappa shape index (κ2) is 4.58. The van der Waals surface area contributed by atoms with Crippen molar-refractivity contribution in [2.45, 2.75) is 0 Å². The van der Waals surface area contributed by atoms with Gasteiger partial charge in [-0.1, -0.05) is 66.7 Å². The molecule has 0 unspecified atom stereocenters. The Morgan fingerprint density at radius 3 is 2.21 bits per heavy atom. The summed E-state index contributed by atoms with van der Waals surface area (Å²) in [5.41, 5.74) is 2.04. The molecule has 3 rings (SSSR count). The van der Waals surface area contributed by atoms with Crippen LogP contribution in [0.15, 0.2) is 66.7 Å². The fraction of sp³-hybridized carbons (Fsp3) is 0. The van der Waals surface area contributed by atoms with Crippen molar-refractivity contribution < 1.29 is 9.90 Å². The molecule has 0 spiro atoms. The molecule has 0 amide bonds. The maximum Gasteiger partial charge on any atom is 0.336 e. The van der Waals surface area contributed by atoms with Gasteiger partial charge in [-0.3, -0.25) is 0 Å². The van der Waals surface area contributed by atoms with E-state index < -0.39 is 5.97 Å². The molecular weight excluding hydrogens is 236 g/mol. The van der Waals surface area contributed by atoms with Crippen LogP contribution in [0, 0.1) is 0 Å². The van der Waals surface area contributed by atoms with Gasteiger partial charge in [0.05, 0.1) is 5.56 Å². The first-order valence-corrected chi connectivity index (χ1v) is 6.08. The fourth-order valence-corrected chi connectivity index (χ4v) is 2.36. The van der Waals surface area contributed by atoms with E-state index >= 15 is 0 Å². The minimum Gasteiger partial charge on any atom is -0.478 e. The summed E-state index contributed by atoms with van der Waals surface area (Å²) < 4.78 is 0. The van der Waals surface area contributed by atoms with Crippen molar-refractivity contribution in [3.8, 4) is 11.1 Å². The van der Waals surface area contributed by atoms with E-state index in [0.717, 1.165) is 21.9 Å². The van der Waals surface area contributed by atoms with Gasteiger partial charge in [0.25, 0.3) is 0 Å². The van der Waals surface area contributed by atoms with Gasteiger partial charge in [-0.05, 0) is 21.9 Å². The lowest BCUT2D eigenvalue weighted by atomic mass is 9.94. The van der Waals surface area contributed by atoms with Gasteiger partial charge in [0.15, 0.2) is 0 Å². The number of rotatable bonds is 2. The van der Waals surface area contributed by atoms with Crippen LogP contribution in [0.5, 0.6) is 0 Å². The number of fused-ring (bicyclic) bond motifs is 1. The Bertz CT molecular complexity index is 746. The van der Waals surface area contributed by atoms with Crippen molar-refractivity contribution >= 4 is 16.7 Å². The fourth-order valence-electron chi connectivity index (χ4n) is 2.36. The lowest BCUT2D eigenvalue weighted by Gasteiger charge is -2.09. The zero-order valence-electron chi connectivity index (χ0n) is 10.2. The van der Waals surface area contributed by atoms with Crippen LogP contribution in [-0.2, 0) is 0 Å². The minimum atomic E-state index is -0.893. The molecule has 0 bridgehead atoms. The summed E-state index contributed by atoms with van der Waals surface area (Å²) in [6, 6.07) is 21.0. The number of benzene rings is 3. The molecule has 3 aromatic rings. The van der Waals surface area contributed by atoms with E-state index in [1.807, 2.05) is 66.7 Å². The highest BCUT2D eigenvalue weighted by molar-refractivity contribution is 6.09. The lowest BCUT2D eigenvalue weighted by molar-refractivity contribution is 0.0700. The second-order valence-electron chi connectivity index (χ2n) is 4.38. The molecule has 2 nitrogen and oxygen atoms in total. The van der Waals surface area contributed by atoms with Crippen molar-refractivity contribution in [2.24, 2.45) is 0 Å². The highest BCUT2D eigenvalue weighted by Gasteiger charge is 2.15. The Morgan fingerprint density at radius 2 is 1.47 bits per heavy atom. The first-order valence-electron chi connectivity index (χ1n) is 6.08. The number of carboxylic acids is 1. The molecule has 92 valence electrons. The van der Waals surface area contributed by atoms with Crippen LogP contribution in [0.2, 0.25) is 0 Å². The first-order chi connectivity index (χ1) is 9.27. The third kappa shape index (κ3) is 1.97. The molecule has 0 aromatic heterocycles. The molecular formula is C17H12O2. The third-order valence-electron chi connectivity index (χ3n) is 3.23. The molecule has 19 heavy (non-hydrogen) atoms. The van der Waals surface area contributed by atoms with Crippen LogP contribution < -0.4 is 0 Å². The van der Waals surface area contributed by atoms with Crippen LogP contribution in [0.3, 0.4) is 0 Å². The van der Waals surface area contributed by atoms with Crippen molar-refractivity contribution in [1.29, 1.82) is 0 Å². The van der Waals surface area contributed by atoms with E-state index in [1.54, 1.807) is 0 Å².